The average molecular weight is 1220 g/mol. The lowest BCUT2D eigenvalue weighted by Gasteiger charge is -2.24. The molecule has 18 nitrogen and oxygen atoms in total. The quantitative estimate of drug-likeness (QED) is 0.0188. The smallest absolute Gasteiger partial charge is 0.242 e. The molecule has 0 spiro atoms. The molecule has 0 radical (unpaired) electrons. The van der Waals surface area contributed by atoms with Gasteiger partial charge in [-0.25, -0.2) is 0 Å². The highest BCUT2D eigenvalue weighted by Gasteiger charge is 2.34. The van der Waals surface area contributed by atoms with Gasteiger partial charge in [-0.2, -0.15) is 0 Å². The van der Waals surface area contributed by atoms with Crippen LogP contribution in [-0.2, 0) is 48.0 Å². The van der Waals surface area contributed by atoms with Crippen LogP contribution in [0.3, 0.4) is 0 Å². The Kier molecular flexibility index (Phi) is 22.8. The second-order valence-corrected chi connectivity index (χ2v) is 23.2. The van der Waals surface area contributed by atoms with Crippen LogP contribution >= 0.6 is 12.4 Å². The third-order valence-electron chi connectivity index (χ3n) is 17.3. The van der Waals surface area contributed by atoms with Crippen LogP contribution in [-0.4, -0.2) is 87.8 Å². The van der Waals surface area contributed by atoms with Crippen molar-refractivity contribution >= 4 is 97.2 Å². The van der Waals surface area contributed by atoms with Crippen LogP contribution in [0, 0.1) is 38.5 Å². The Balaban J connectivity index is 0.0000102. The van der Waals surface area contributed by atoms with Crippen molar-refractivity contribution in [2.75, 3.05) is 35.6 Å². The molecule has 89 heavy (non-hydrogen) atoms. The van der Waals surface area contributed by atoms with E-state index >= 15 is 0 Å². The van der Waals surface area contributed by atoms with Gasteiger partial charge in [0.15, 0.2) is 0 Å². The summed E-state index contributed by atoms with van der Waals surface area (Å²) in [6, 6.07) is 41.9. The summed E-state index contributed by atoms with van der Waals surface area (Å²) in [6.07, 6.45) is 2.89. The Hall–Kier alpha value is -8.59. The molecule has 3 aromatic heterocycles. The highest BCUT2D eigenvalue weighted by molar-refractivity contribution is 6.03. The number of carbonyl (C=O) groups is 6. The van der Waals surface area contributed by atoms with Crippen LogP contribution in [0.2, 0.25) is 0 Å². The SMILES string of the molecule is Cc1[nH]c2ccccc2c1CC(=O)C(CCCN)[C@H](N)C(=O)Nc1ccc(C(c2ccc(NC(=O)[C@@H](N)C(CCCN)C(=O)Cc3c(C)[nH]c4ccccc34)cc2)c2ccc(NC(=O)[C@@H](N)C(CCCN)C(=O)Cc3c(C)[nH]c4ccccc34)cc2)cc1.Cl. The van der Waals surface area contributed by atoms with Crippen LogP contribution in [0.15, 0.2) is 146 Å². The number of para-hydroxylation sites is 3. The number of hydrogen-bond donors (Lipinski definition) is 12. The van der Waals surface area contributed by atoms with Gasteiger partial charge in [0.25, 0.3) is 0 Å². The number of halogens is 1. The van der Waals surface area contributed by atoms with Gasteiger partial charge in [-0.15, -0.1) is 12.4 Å². The first-order chi connectivity index (χ1) is 42.5. The molecule has 3 amide bonds. The lowest BCUT2D eigenvalue weighted by molar-refractivity contribution is -0.128. The zero-order valence-corrected chi connectivity index (χ0v) is 51.5. The van der Waals surface area contributed by atoms with Crippen LogP contribution in [0.1, 0.15) is 94.9 Å². The van der Waals surface area contributed by atoms with E-state index in [9.17, 15) is 28.8 Å². The summed E-state index contributed by atoms with van der Waals surface area (Å²) >= 11 is 0. The van der Waals surface area contributed by atoms with Gasteiger partial charge in [0, 0.05) is 110 Å². The number of amides is 3. The molecule has 18 N–H and O–H groups in total. The van der Waals surface area contributed by atoms with E-state index in [2.05, 4.69) is 30.9 Å². The van der Waals surface area contributed by atoms with Gasteiger partial charge >= 0.3 is 0 Å². The molecule has 0 aliphatic carbocycles. The summed E-state index contributed by atoms with van der Waals surface area (Å²) in [5.41, 5.74) is 49.6. The number of nitrogens with two attached hydrogens (primary N) is 6. The summed E-state index contributed by atoms with van der Waals surface area (Å²) in [7, 11) is 0. The highest BCUT2D eigenvalue weighted by atomic mass is 35.5. The standard InChI is InChI=1S/C70H82N12O6.ClH/c1-40-55(49-13-4-7-19-58(49)77-40)37-61(83)52(16-10-34-71)65(74)68(86)80-46-28-22-43(23-29-46)64(44-24-30-47(31-25-44)81-69(87)66(75)53(17-11-35-72)62(84)38-56-41(2)78-59-20-8-5-14-50(56)59)45-26-32-48(33-27-45)82-70(88)67(76)54(18-12-36-73)63(85)39-57-42(3)79-60-21-9-6-15-51(57)60;/h4-9,13-15,19-33,52-54,64-67,77-79H,10-12,16-18,34-39,71-76H2,1-3H3,(H,80,86)(H,81,87)(H,82,88);1H/t52?,53?,54?,64?,65-,66-,67-;/m0./s1. The third kappa shape index (κ3) is 15.6. The molecule has 9 aromatic rings. The zero-order chi connectivity index (χ0) is 62.6. The fourth-order valence-corrected chi connectivity index (χ4v) is 12.3. The van der Waals surface area contributed by atoms with Crippen molar-refractivity contribution in [3.05, 3.63) is 196 Å². The lowest BCUT2D eigenvalue weighted by Crippen LogP contribution is -2.45. The van der Waals surface area contributed by atoms with Crippen molar-refractivity contribution in [1.29, 1.82) is 0 Å². The fourth-order valence-electron chi connectivity index (χ4n) is 12.3. The van der Waals surface area contributed by atoms with Gasteiger partial charge in [-0.3, -0.25) is 28.8 Å². The molecule has 0 aliphatic rings. The number of anilines is 3. The lowest BCUT2D eigenvalue weighted by atomic mass is 9.84. The van der Waals surface area contributed by atoms with E-state index in [4.69, 9.17) is 34.4 Å². The Morgan fingerprint density at radius 1 is 0.382 bits per heavy atom. The van der Waals surface area contributed by atoms with Crippen molar-refractivity contribution in [1.82, 2.24) is 15.0 Å². The molecule has 0 saturated carbocycles. The molecule has 0 saturated heterocycles. The van der Waals surface area contributed by atoms with Gasteiger partial charge in [-0.05, 0) is 167 Å². The minimum Gasteiger partial charge on any atom is -0.358 e. The van der Waals surface area contributed by atoms with Crippen LogP contribution in [0.25, 0.3) is 32.7 Å². The molecule has 0 fully saturated rings. The molecule has 6 aromatic carbocycles. The molecule has 6 atom stereocenters. The zero-order valence-electron chi connectivity index (χ0n) is 50.7. The molecular formula is C70H83ClN12O6. The summed E-state index contributed by atoms with van der Waals surface area (Å²) in [5.74, 6) is -4.76. The number of aromatic nitrogens is 3. The summed E-state index contributed by atoms with van der Waals surface area (Å²) in [5, 5.41) is 11.7. The molecular weight excluding hydrogens is 1140 g/mol. The van der Waals surface area contributed by atoms with E-state index in [-0.39, 0.29) is 49.0 Å². The Morgan fingerprint density at radius 3 is 0.876 bits per heavy atom. The molecule has 466 valence electrons. The first-order valence-corrected chi connectivity index (χ1v) is 30.3. The number of aryl methyl sites for hydroxylation is 3. The van der Waals surface area contributed by atoms with Crippen LogP contribution < -0.4 is 50.4 Å². The molecule has 0 bridgehead atoms. The van der Waals surface area contributed by atoms with Crippen LogP contribution in [0.5, 0.6) is 0 Å². The van der Waals surface area contributed by atoms with E-state index in [0.29, 0.717) is 75.2 Å². The van der Waals surface area contributed by atoms with Gasteiger partial charge < -0.3 is 65.3 Å². The number of nitrogens with one attached hydrogen (secondary N) is 6. The second kappa shape index (κ2) is 30.6. The Labute approximate surface area is 524 Å². The van der Waals surface area contributed by atoms with E-state index in [0.717, 1.165) is 83.2 Å². The predicted molar refractivity (Wildman–Crippen MR) is 358 cm³/mol. The first-order valence-electron chi connectivity index (χ1n) is 30.3. The number of ketones is 3. The molecule has 19 heteroatoms. The van der Waals surface area contributed by atoms with Crippen molar-refractivity contribution in [3.63, 3.8) is 0 Å². The van der Waals surface area contributed by atoms with Crippen molar-refractivity contribution < 1.29 is 28.8 Å². The van der Waals surface area contributed by atoms with Gasteiger partial charge in [0.05, 0.1) is 18.1 Å². The summed E-state index contributed by atoms with van der Waals surface area (Å²) in [6.45, 7) is 6.79. The van der Waals surface area contributed by atoms with Crippen molar-refractivity contribution in [2.45, 2.75) is 103 Å². The minimum atomic E-state index is -1.15. The number of hydrogen-bond acceptors (Lipinski definition) is 12. The number of rotatable bonds is 30. The maximum absolute atomic E-state index is 14.1. The molecule has 3 unspecified atom stereocenters. The van der Waals surface area contributed by atoms with Gasteiger partial charge in [-0.1, -0.05) is 91.0 Å². The number of carbonyl (C=O) groups excluding carboxylic acids is 6. The maximum Gasteiger partial charge on any atom is 0.242 e. The number of fused-ring (bicyclic) bond motifs is 3. The van der Waals surface area contributed by atoms with E-state index in [1.807, 2.05) is 130 Å². The summed E-state index contributed by atoms with van der Waals surface area (Å²) in [4.78, 5) is 94.2. The molecule has 0 aliphatic heterocycles. The monoisotopic (exact) mass is 1220 g/mol. The second-order valence-electron chi connectivity index (χ2n) is 23.2. The number of aromatic amines is 3. The fraction of sp³-hybridized carbons (Fsp3) is 0.314. The molecule has 9 rings (SSSR count). The van der Waals surface area contributed by atoms with Crippen molar-refractivity contribution in [3.8, 4) is 0 Å². The third-order valence-corrected chi connectivity index (χ3v) is 17.3. The predicted octanol–water partition coefficient (Wildman–Crippen LogP) is 8.96. The van der Waals surface area contributed by atoms with Gasteiger partial charge in [0.1, 0.15) is 17.3 Å². The maximum atomic E-state index is 14.1. The minimum absolute atomic E-state index is 0. The highest BCUT2D eigenvalue weighted by Crippen LogP contribution is 2.35. The van der Waals surface area contributed by atoms with Crippen LogP contribution in [0.4, 0.5) is 17.1 Å². The number of benzene rings is 6. The average Bonchev–Trinajstić information content (AvgIpc) is 2.19. The Bertz CT molecular complexity index is 3530. The molecule has 3 heterocycles. The normalized spacial score (nSPS) is 13.9. The van der Waals surface area contributed by atoms with Crippen molar-refractivity contribution in [2.24, 2.45) is 52.2 Å². The number of Topliss-reactive ketones (excluding diaryl/α,β-unsaturated/α-hetero) is 3. The van der Waals surface area contributed by atoms with Gasteiger partial charge in [0.2, 0.25) is 17.7 Å². The largest absolute Gasteiger partial charge is 0.358 e. The first kappa shape index (κ1) is 66.4. The summed E-state index contributed by atoms with van der Waals surface area (Å²) < 4.78 is 0. The Morgan fingerprint density at radius 2 is 0.629 bits per heavy atom. The topological polar surface area (TPSA) is 342 Å². The van der Waals surface area contributed by atoms with E-state index < -0.39 is 59.5 Å². The van der Waals surface area contributed by atoms with E-state index in [1.165, 1.54) is 0 Å². The number of H-pyrrole nitrogens is 3. The van der Waals surface area contributed by atoms with E-state index in [1.54, 1.807) is 36.4 Å².